The third kappa shape index (κ3) is 5.17. The van der Waals surface area contributed by atoms with Gasteiger partial charge >= 0.3 is 12.1 Å². The van der Waals surface area contributed by atoms with Crippen molar-refractivity contribution in [3.8, 4) is 11.1 Å². The molecule has 2 aromatic carbocycles. The van der Waals surface area contributed by atoms with E-state index in [9.17, 15) is 14.4 Å². The molecule has 0 fully saturated rings. The number of nitrogens with one attached hydrogen (secondary N) is 2. The molecule has 7 nitrogen and oxygen atoms in total. The largest absolute Gasteiger partial charge is 0.478 e. The summed E-state index contributed by atoms with van der Waals surface area (Å²) in [6, 6.07) is 15.3. The predicted molar refractivity (Wildman–Crippen MR) is 121 cm³/mol. The summed E-state index contributed by atoms with van der Waals surface area (Å²) in [4.78, 5) is 35.9. The lowest BCUT2D eigenvalue weighted by Crippen LogP contribution is -2.50. The van der Waals surface area contributed by atoms with E-state index < -0.39 is 24.0 Å². The third-order valence-electron chi connectivity index (χ3n) is 5.59. The molecule has 0 spiro atoms. The summed E-state index contributed by atoms with van der Waals surface area (Å²) in [6.07, 6.45) is 0.739. The number of rotatable bonds is 8. The summed E-state index contributed by atoms with van der Waals surface area (Å²) in [7, 11) is 0. The van der Waals surface area contributed by atoms with Gasteiger partial charge in [0.2, 0.25) is 5.91 Å². The van der Waals surface area contributed by atoms with Crippen LogP contribution in [0.1, 0.15) is 37.8 Å². The van der Waals surface area contributed by atoms with Crippen LogP contribution in [-0.4, -0.2) is 42.3 Å². The molecule has 0 radical (unpaired) electrons. The van der Waals surface area contributed by atoms with Gasteiger partial charge in [-0.1, -0.05) is 68.5 Å². The highest BCUT2D eigenvalue weighted by Gasteiger charge is 2.30. The first-order valence-corrected chi connectivity index (χ1v) is 10.6. The van der Waals surface area contributed by atoms with Crippen LogP contribution in [0.3, 0.4) is 0 Å². The van der Waals surface area contributed by atoms with Gasteiger partial charge in [0.25, 0.3) is 0 Å². The summed E-state index contributed by atoms with van der Waals surface area (Å²) in [5.41, 5.74) is 4.64. The highest BCUT2D eigenvalue weighted by molar-refractivity contribution is 5.87. The standard InChI is InChI=1S/C25H28N2O5/c1-15(2)22(23(28)26-13-12-16(3)24(29)30)27-25(31)32-14-21-19-10-6-4-8-17(19)18-9-5-7-11-20(18)21/h4-12,15,21-22H,13-14H2,1-3H3,(H,26,28)(H,27,31)(H,29,30)/b16-12+/t22-/m0/s1. The molecule has 0 saturated heterocycles. The normalized spacial score (nSPS) is 13.8. The van der Waals surface area contributed by atoms with E-state index in [4.69, 9.17) is 9.84 Å². The number of hydrogen-bond donors (Lipinski definition) is 3. The monoisotopic (exact) mass is 436 g/mol. The molecule has 1 aliphatic carbocycles. The lowest BCUT2D eigenvalue weighted by Gasteiger charge is -2.22. The first kappa shape index (κ1) is 23.1. The molecule has 1 atom stereocenters. The molecule has 0 aromatic heterocycles. The molecular formula is C25H28N2O5. The Balaban J connectivity index is 1.61. The molecule has 7 heteroatoms. The highest BCUT2D eigenvalue weighted by atomic mass is 16.5. The Morgan fingerprint density at radius 3 is 2.12 bits per heavy atom. The summed E-state index contributed by atoms with van der Waals surface area (Å²) in [5, 5.41) is 14.1. The predicted octanol–water partition coefficient (Wildman–Crippen LogP) is 3.70. The molecule has 0 heterocycles. The number of carboxylic acid groups (broad SMARTS) is 1. The summed E-state index contributed by atoms with van der Waals surface area (Å²) in [6.45, 7) is 5.29. The molecule has 168 valence electrons. The lowest BCUT2D eigenvalue weighted by molar-refractivity contribution is -0.132. The molecule has 0 unspecified atom stereocenters. The van der Waals surface area contributed by atoms with E-state index in [-0.39, 0.29) is 30.6 Å². The van der Waals surface area contributed by atoms with Crippen molar-refractivity contribution in [1.82, 2.24) is 10.6 Å². The van der Waals surface area contributed by atoms with Crippen molar-refractivity contribution >= 4 is 18.0 Å². The smallest absolute Gasteiger partial charge is 0.407 e. The van der Waals surface area contributed by atoms with Crippen LogP contribution in [-0.2, 0) is 14.3 Å². The van der Waals surface area contributed by atoms with Crippen molar-refractivity contribution in [1.29, 1.82) is 0 Å². The second-order valence-corrected chi connectivity index (χ2v) is 8.13. The Morgan fingerprint density at radius 1 is 1.03 bits per heavy atom. The Hall–Kier alpha value is -3.61. The van der Waals surface area contributed by atoms with Crippen LogP contribution in [0.4, 0.5) is 4.79 Å². The average Bonchev–Trinajstić information content (AvgIpc) is 3.09. The maximum absolute atomic E-state index is 12.5. The number of amides is 2. The molecule has 0 saturated carbocycles. The van der Waals surface area contributed by atoms with Crippen LogP contribution >= 0.6 is 0 Å². The van der Waals surface area contributed by atoms with Gasteiger partial charge in [-0.05, 0) is 35.1 Å². The minimum absolute atomic E-state index is 0.0621. The first-order chi connectivity index (χ1) is 15.3. The topological polar surface area (TPSA) is 105 Å². The maximum Gasteiger partial charge on any atom is 0.407 e. The van der Waals surface area contributed by atoms with Crippen LogP contribution in [0.15, 0.2) is 60.2 Å². The average molecular weight is 437 g/mol. The Morgan fingerprint density at radius 2 is 1.59 bits per heavy atom. The number of ether oxygens (including phenoxy) is 1. The zero-order valence-electron chi connectivity index (χ0n) is 18.4. The van der Waals surface area contributed by atoms with Crippen molar-refractivity contribution in [2.75, 3.05) is 13.2 Å². The van der Waals surface area contributed by atoms with Gasteiger partial charge in [0, 0.05) is 18.0 Å². The molecule has 2 aromatic rings. The van der Waals surface area contributed by atoms with Crippen molar-refractivity contribution in [3.63, 3.8) is 0 Å². The number of carbonyl (C=O) groups excluding carboxylic acids is 2. The number of alkyl carbamates (subject to hydrolysis) is 1. The quantitative estimate of drug-likeness (QED) is 0.548. The summed E-state index contributed by atoms with van der Waals surface area (Å²) in [5.74, 6) is -1.69. The Labute approximate surface area is 187 Å². The lowest BCUT2D eigenvalue weighted by atomic mass is 9.98. The highest BCUT2D eigenvalue weighted by Crippen LogP contribution is 2.44. The zero-order valence-corrected chi connectivity index (χ0v) is 18.4. The molecule has 3 N–H and O–H groups in total. The van der Waals surface area contributed by atoms with Gasteiger partial charge in [0.15, 0.2) is 0 Å². The van der Waals surface area contributed by atoms with E-state index >= 15 is 0 Å². The van der Waals surface area contributed by atoms with Crippen molar-refractivity contribution in [3.05, 3.63) is 71.3 Å². The number of fused-ring (bicyclic) bond motifs is 3. The maximum atomic E-state index is 12.5. The van der Waals surface area contributed by atoms with E-state index in [0.717, 1.165) is 22.3 Å². The van der Waals surface area contributed by atoms with Crippen molar-refractivity contribution in [2.24, 2.45) is 5.92 Å². The summed E-state index contributed by atoms with van der Waals surface area (Å²) >= 11 is 0. The van der Waals surface area contributed by atoms with E-state index in [2.05, 4.69) is 22.8 Å². The molecule has 1 aliphatic rings. The fourth-order valence-electron chi connectivity index (χ4n) is 3.80. The van der Waals surface area contributed by atoms with Gasteiger partial charge in [-0.25, -0.2) is 9.59 Å². The SMILES string of the molecule is C/C(=C\CNC(=O)[C@@H](NC(=O)OCC1c2ccccc2-c2ccccc21)C(C)C)C(=O)O. The second-order valence-electron chi connectivity index (χ2n) is 8.13. The first-order valence-electron chi connectivity index (χ1n) is 10.6. The third-order valence-corrected chi connectivity index (χ3v) is 5.59. The summed E-state index contributed by atoms with van der Waals surface area (Å²) < 4.78 is 5.52. The van der Waals surface area contributed by atoms with Crippen LogP contribution < -0.4 is 10.6 Å². The van der Waals surface area contributed by atoms with Gasteiger partial charge in [0.05, 0.1) is 0 Å². The number of carboxylic acids is 1. The van der Waals surface area contributed by atoms with Gasteiger partial charge < -0.3 is 20.5 Å². The number of benzene rings is 2. The molecule has 0 bridgehead atoms. The van der Waals surface area contributed by atoms with Crippen molar-refractivity contribution < 1.29 is 24.2 Å². The fraction of sp³-hybridized carbons (Fsp3) is 0.320. The molecule has 3 rings (SSSR count). The van der Waals surface area contributed by atoms with Crippen LogP contribution in [0.25, 0.3) is 11.1 Å². The Bertz CT molecular complexity index is 999. The minimum atomic E-state index is -1.04. The van der Waals surface area contributed by atoms with E-state index in [1.807, 2.05) is 50.2 Å². The van der Waals surface area contributed by atoms with Gasteiger partial charge in [-0.15, -0.1) is 0 Å². The van der Waals surface area contributed by atoms with Crippen molar-refractivity contribution in [2.45, 2.75) is 32.7 Å². The number of hydrogen-bond acceptors (Lipinski definition) is 4. The second kappa shape index (κ2) is 10.1. The van der Waals surface area contributed by atoms with Crippen LogP contribution in [0.2, 0.25) is 0 Å². The number of aliphatic carboxylic acids is 1. The van der Waals surface area contributed by atoms with Crippen LogP contribution in [0, 0.1) is 5.92 Å². The van der Waals surface area contributed by atoms with Crippen LogP contribution in [0.5, 0.6) is 0 Å². The number of carbonyl (C=O) groups is 3. The van der Waals surface area contributed by atoms with Gasteiger partial charge in [-0.3, -0.25) is 4.79 Å². The Kier molecular flexibility index (Phi) is 7.30. The minimum Gasteiger partial charge on any atom is -0.478 e. The molecule has 0 aliphatic heterocycles. The zero-order chi connectivity index (χ0) is 23.3. The van der Waals surface area contributed by atoms with E-state index in [1.165, 1.54) is 13.0 Å². The fourth-order valence-corrected chi connectivity index (χ4v) is 3.80. The van der Waals surface area contributed by atoms with Gasteiger partial charge in [-0.2, -0.15) is 0 Å². The molecule has 32 heavy (non-hydrogen) atoms. The van der Waals surface area contributed by atoms with Gasteiger partial charge in [0.1, 0.15) is 12.6 Å². The van der Waals surface area contributed by atoms with E-state index in [0.29, 0.717) is 0 Å². The molecule has 2 amide bonds. The molecular weight excluding hydrogens is 408 g/mol. The van der Waals surface area contributed by atoms with E-state index in [1.54, 1.807) is 0 Å².